The van der Waals surface area contributed by atoms with Gasteiger partial charge in [-0.15, -0.1) is 0 Å². The summed E-state index contributed by atoms with van der Waals surface area (Å²) in [6.07, 6.45) is 1.90. The van der Waals surface area contributed by atoms with Crippen molar-refractivity contribution in [3.05, 3.63) is 65.1 Å². The second kappa shape index (κ2) is 8.66. The molecule has 0 saturated heterocycles. The Bertz CT molecular complexity index is 1250. The number of halogens is 1. The van der Waals surface area contributed by atoms with E-state index in [2.05, 4.69) is 21.8 Å². The molecule has 1 heterocycles. The van der Waals surface area contributed by atoms with Gasteiger partial charge in [0.1, 0.15) is 11.9 Å². The minimum atomic E-state index is -0.746. The molecule has 1 aliphatic rings. The Kier molecular flexibility index (Phi) is 5.90. The lowest BCUT2D eigenvalue weighted by Gasteiger charge is -2.30. The molecule has 3 aromatic rings. The molecular formula is C25H26FN5O2. The summed E-state index contributed by atoms with van der Waals surface area (Å²) in [6, 6.07) is 12.6. The maximum atomic E-state index is 14.0. The van der Waals surface area contributed by atoms with E-state index < -0.39 is 23.2 Å². The maximum absolute atomic E-state index is 14.0. The molecule has 0 spiro atoms. The van der Waals surface area contributed by atoms with Crippen molar-refractivity contribution in [1.82, 2.24) is 20.4 Å². The summed E-state index contributed by atoms with van der Waals surface area (Å²) in [4.78, 5) is 26.0. The average molecular weight is 448 g/mol. The minimum absolute atomic E-state index is 0.132. The van der Waals surface area contributed by atoms with E-state index in [4.69, 9.17) is 5.26 Å². The number of hydrogen-bond donors (Lipinski definition) is 2. The monoisotopic (exact) mass is 447 g/mol. The highest BCUT2D eigenvalue weighted by Crippen LogP contribution is 2.25. The molecule has 8 heteroatoms. The van der Waals surface area contributed by atoms with Gasteiger partial charge in [0.05, 0.1) is 23.7 Å². The molecule has 0 aliphatic heterocycles. The van der Waals surface area contributed by atoms with Crippen LogP contribution in [0.1, 0.15) is 55.2 Å². The molecule has 2 N–H and O–H groups in total. The molecule has 33 heavy (non-hydrogen) atoms. The Labute approximate surface area is 191 Å². The van der Waals surface area contributed by atoms with Crippen LogP contribution < -0.4 is 10.6 Å². The Morgan fingerprint density at radius 3 is 2.52 bits per heavy atom. The number of rotatable bonds is 6. The molecule has 1 atom stereocenters. The Balaban J connectivity index is 1.65. The molecular weight excluding hydrogens is 421 g/mol. The van der Waals surface area contributed by atoms with Crippen LogP contribution in [0.3, 0.4) is 0 Å². The Morgan fingerprint density at radius 1 is 1.21 bits per heavy atom. The quantitative estimate of drug-likeness (QED) is 0.604. The fraction of sp³-hybridized carbons (Fsp3) is 0.360. The van der Waals surface area contributed by atoms with Crippen molar-refractivity contribution in [2.24, 2.45) is 5.41 Å². The third-order valence-corrected chi connectivity index (χ3v) is 5.67. The van der Waals surface area contributed by atoms with E-state index >= 15 is 0 Å². The fourth-order valence-corrected chi connectivity index (χ4v) is 3.68. The van der Waals surface area contributed by atoms with E-state index in [-0.39, 0.29) is 17.6 Å². The van der Waals surface area contributed by atoms with Crippen LogP contribution in [0.2, 0.25) is 0 Å². The first-order valence-electron chi connectivity index (χ1n) is 10.9. The summed E-state index contributed by atoms with van der Waals surface area (Å²) in [5.41, 5.74) is 1.48. The molecule has 1 saturated carbocycles. The first kappa shape index (κ1) is 22.5. The SMILES string of the molecule is CC(C)(C)[C@H](NC(=O)c1nn(Cc2ccc(C#N)cc2)c2cc(F)ccc12)C(=O)NC1CC1. The number of carbonyl (C=O) groups excluding carboxylic acids is 2. The highest BCUT2D eigenvalue weighted by Gasteiger charge is 2.36. The topological polar surface area (TPSA) is 99.8 Å². The first-order valence-corrected chi connectivity index (χ1v) is 10.9. The van der Waals surface area contributed by atoms with Crippen LogP contribution in [-0.4, -0.2) is 33.7 Å². The highest BCUT2D eigenvalue weighted by molar-refractivity contribution is 6.06. The van der Waals surface area contributed by atoms with Crippen LogP contribution in [0.5, 0.6) is 0 Å². The van der Waals surface area contributed by atoms with Gasteiger partial charge in [0.15, 0.2) is 5.69 Å². The van der Waals surface area contributed by atoms with Gasteiger partial charge in [-0.3, -0.25) is 14.3 Å². The number of aromatic nitrogens is 2. The summed E-state index contributed by atoms with van der Waals surface area (Å²) in [6.45, 7) is 5.97. The van der Waals surface area contributed by atoms with Crippen molar-refractivity contribution in [2.75, 3.05) is 0 Å². The molecule has 2 amide bonds. The second-order valence-electron chi connectivity index (χ2n) is 9.53. The van der Waals surface area contributed by atoms with Crippen molar-refractivity contribution < 1.29 is 14.0 Å². The maximum Gasteiger partial charge on any atom is 0.273 e. The molecule has 1 aromatic heterocycles. The molecule has 0 bridgehead atoms. The summed E-state index contributed by atoms with van der Waals surface area (Å²) in [5, 5.41) is 19.8. The number of nitrogens with zero attached hydrogens (tertiary/aromatic N) is 3. The summed E-state index contributed by atoms with van der Waals surface area (Å²) in [7, 11) is 0. The standard InChI is InChI=1S/C25H26FN5O2/c1-25(2,3)22(24(33)28-18-9-10-18)29-23(32)21-19-11-8-17(26)12-20(19)31(30-21)14-16-6-4-15(13-27)5-7-16/h4-8,11-12,18,22H,9-10,14H2,1-3H3,(H,28,33)(H,29,32)/t22-/m1/s1. The lowest BCUT2D eigenvalue weighted by atomic mass is 9.86. The zero-order valence-corrected chi connectivity index (χ0v) is 18.9. The molecule has 170 valence electrons. The van der Waals surface area contributed by atoms with Crippen LogP contribution in [0.25, 0.3) is 10.9 Å². The van der Waals surface area contributed by atoms with Gasteiger partial charge in [-0.1, -0.05) is 32.9 Å². The molecule has 1 fully saturated rings. The van der Waals surface area contributed by atoms with Gasteiger partial charge in [0.2, 0.25) is 5.91 Å². The number of fused-ring (bicyclic) bond motifs is 1. The van der Waals surface area contributed by atoms with Crippen molar-refractivity contribution in [1.29, 1.82) is 5.26 Å². The van der Waals surface area contributed by atoms with Crippen molar-refractivity contribution in [3.8, 4) is 6.07 Å². The van der Waals surface area contributed by atoms with Gasteiger partial charge in [-0.2, -0.15) is 10.4 Å². The third-order valence-electron chi connectivity index (χ3n) is 5.67. The number of amides is 2. The predicted molar refractivity (Wildman–Crippen MR) is 122 cm³/mol. The fourth-order valence-electron chi connectivity index (χ4n) is 3.68. The van der Waals surface area contributed by atoms with Gasteiger partial charge in [-0.25, -0.2) is 4.39 Å². The van der Waals surface area contributed by atoms with E-state index in [0.717, 1.165) is 18.4 Å². The normalized spacial score (nSPS) is 14.5. The number of nitriles is 1. The van der Waals surface area contributed by atoms with Crippen LogP contribution in [-0.2, 0) is 11.3 Å². The molecule has 0 radical (unpaired) electrons. The predicted octanol–water partition coefficient (Wildman–Crippen LogP) is 3.52. The molecule has 4 rings (SSSR count). The lowest BCUT2D eigenvalue weighted by Crippen LogP contribution is -2.54. The smallest absolute Gasteiger partial charge is 0.273 e. The minimum Gasteiger partial charge on any atom is -0.352 e. The highest BCUT2D eigenvalue weighted by atomic mass is 19.1. The number of carbonyl (C=O) groups is 2. The molecule has 2 aromatic carbocycles. The molecule has 7 nitrogen and oxygen atoms in total. The van der Waals surface area contributed by atoms with E-state index in [1.165, 1.54) is 18.2 Å². The average Bonchev–Trinajstić information content (AvgIpc) is 3.51. The van der Waals surface area contributed by atoms with E-state index in [0.29, 0.717) is 23.0 Å². The van der Waals surface area contributed by atoms with E-state index in [1.807, 2.05) is 20.8 Å². The van der Waals surface area contributed by atoms with Gasteiger partial charge >= 0.3 is 0 Å². The van der Waals surface area contributed by atoms with Gasteiger partial charge in [-0.05, 0) is 54.2 Å². The van der Waals surface area contributed by atoms with Gasteiger partial charge in [0.25, 0.3) is 5.91 Å². The lowest BCUT2D eigenvalue weighted by molar-refractivity contribution is -0.125. The summed E-state index contributed by atoms with van der Waals surface area (Å²) in [5.74, 6) is -1.14. The Hall–Kier alpha value is -3.73. The van der Waals surface area contributed by atoms with Crippen LogP contribution in [0.15, 0.2) is 42.5 Å². The van der Waals surface area contributed by atoms with Crippen LogP contribution in [0, 0.1) is 22.6 Å². The van der Waals surface area contributed by atoms with Crippen molar-refractivity contribution in [2.45, 2.75) is 52.2 Å². The largest absolute Gasteiger partial charge is 0.352 e. The molecule has 1 aliphatic carbocycles. The van der Waals surface area contributed by atoms with Crippen LogP contribution in [0.4, 0.5) is 4.39 Å². The number of nitrogens with one attached hydrogen (secondary N) is 2. The number of hydrogen-bond acceptors (Lipinski definition) is 4. The Morgan fingerprint density at radius 2 is 1.91 bits per heavy atom. The van der Waals surface area contributed by atoms with E-state index in [9.17, 15) is 14.0 Å². The van der Waals surface area contributed by atoms with Gasteiger partial charge < -0.3 is 10.6 Å². The van der Waals surface area contributed by atoms with Crippen molar-refractivity contribution in [3.63, 3.8) is 0 Å². The van der Waals surface area contributed by atoms with Crippen LogP contribution >= 0.6 is 0 Å². The first-order chi connectivity index (χ1) is 15.7. The summed E-state index contributed by atoms with van der Waals surface area (Å²) < 4.78 is 15.6. The zero-order valence-electron chi connectivity index (χ0n) is 18.9. The third kappa shape index (κ3) is 5.03. The van der Waals surface area contributed by atoms with E-state index in [1.54, 1.807) is 28.9 Å². The number of benzene rings is 2. The van der Waals surface area contributed by atoms with Crippen molar-refractivity contribution >= 4 is 22.7 Å². The summed E-state index contributed by atoms with van der Waals surface area (Å²) >= 11 is 0. The van der Waals surface area contributed by atoms with Gasteiger partial charge in [0, 0.05) is 11.4 Å². The second-order valence-corrected chi connectivity index (χ2v) is 9.53. The zero-order chi connectivity index (χ0) is 23.8. The molecule has 0 unspecified atom stereocenters.